The van der Waals surface area contributed by atoms with Gasteiger partial charge in [-0.15, -0.1) is 0 Å². The fourth-order valence-corrected chi connectivity index (χ4v) is 2.44. The quantitative estimate of drug-likeness (QED) is 0.542. The number of aryl methyl sites for hydroxylation is 2. The molecule has 0 heterocycles. The molecule has 0 saturated heterocycles. The Hall–Kier alpha value is -3.02. The van der Waals surface area contributed by atoms with Gasteiger partial charge in [-0.1, -0.05) is 29.8 Å². The highest BCUT2D eigenvalue weighted by atomic mass is 16.5. The Balaban J connectivity index is 1.72. The third kappa shape index (κ3) is 6.66. The smallest absolute Gasteiger partial charge is 0.338 e. The van der Waals surface area contributed by atoms with E-state index < -0.39 is 5.97 Å². The highest BCUT2D eigenvalue weighted by Crippen LogP contribution is 2.22. The Morgan fingerprint density at radius 1 is 0.963 bits per heavy atom. The van der Waals surface area contributed by atoms with E-state index in [1.807, 2.05) is 31.2 Å². The summed E-state index contributed by atoms with van der Waals surface area (Å²) in [4.78, 5) is 24.0. The van der Waals surface area contributed by atoms with Gasteiger partial charge in [0.2, 0.25) is 5.91 Å². The fourth-order valence-electron chi connectivity index (χ4n) is 2.44. The predicted molar refractivity (Wildman–Crippen MR) is 102 cm³/mol. The largest absolute Gasteiger partial charge is 0.497 e. The van der Waals surface area contributed by atoms with Crippen LogP contribution in [0, 0.1) is 6.92 Å². The Bertz CT molecular complexity index is 748. The second-order valence-electron chi connectivity index (χ2n) is 6.07. The van der Waals surface area contributed by atoms with Gasteiger partial charge in [0.25, 0.3) is 0 Å². The second-order valence-corrected chi connectivity index (χ2v) is 6.07. The summed E-state index contributed by atoms with van der Waals surface area (Å²) >= 11 is 0. The number of carbonyl (C=O) groups excluding carboxylic acids is 2. The summed E-state index contributed by atoms with van der Waals surface area (Å²) in [5, 5.41) is 2.75. The molecule has 0 aliphatic rings. The van der Waals surface area contributed by atoms with E-state index >= 15 is 0 Å². The number of ether oxygens (including phenoxy) is 3. The van der Waals surface area contributed by atoms with Crippen molar-refractivity contribution in [3.05, 3.63) is 59.2 Å². The molecule has 0 fully saturated rings. The zero-order valence-corrected chi connectivity index (χ0v) is 15.9. The molecule has 2 rings (SSSR count). The first-order valence-electron chi connectivity index (χ1n) is 8.74. The maximum atomic E-state index is 12.1. The van der Waals surface area contributed by atoms with Crippen molar-refractivity contribution in [2.24, 2.45) is 0 Å². The Morgan fingerprint density at radius 3 is 2.19 bits per heavy atom. The van der Waals surface area contributed by atoms with Crippen LogP contribution in [-0.2, 0) is 16.0 Å². The SMILES string of the molecule is COc1cc(OC)cc(C(=O)OCCNC(=O)CCc2ccc(C)cc2)c1. The maximum absolute atomic E-state index is 12.1. The number of rotatable bonds is 9. The van der Waals surface area contributed by atoms with Crippen molar-refractivity contribution in [2.45, 2.75) is 19.8 Å². The third-order valence-corrected chi connectivity index (χ3v) is 4.01. The molecular formula is C21H25NO5. The molecule has 0 radical (unpaired) electrons. The van der Waals surface area contributed by atoms with Gasteiger partial charge < -0.3 is 19.5 Å². The van der Waals surface area contributed by atoms with Crippen LogP contribution in [0.25, 0.3) is 0 Å². The molecule has 6 heteroatoms. The van der Waals surface area contributed by atoms with Crippen LogP contribution in [0.2, 0.25) is 0 Å². The average molecular weight is 371 g/mol. The van der Waals surface area contributed by atoms with Crippen molar-refractivity contribution in [3.8, 4) is 11.5 Å². The lowest BCUT2D eigenvalue weighted by Crippen LogP contribution is -2.28. The average Bonchev–Trinajstić information content (AvgIpc) is 2.70. The minimum absolute atomic E-state index is 0.0744. The molecule has 0 aromatic heterocycles. The normalized spacial score (nSPS) is 10.2. The van der Waals surface area contributed by atoms with Crippen LogP contribution >= 0.6 is 0 Å². The van der Waals surface area contributed by atoms with Gasteiger partial charge in [0.05, 0.1) is 26.3 Å². The lowest BCUT2D eigenvalue weighted by atomic mass is 10.1. The van der Waals surface area contributed by atoms with Crippen molar-refractivity contribution in [3.63, 3.8) is 0 Å². The lowest BCUT2D eigenvalue weighted by Gasteiger charge is -2.09. The summed E-state index contributed by atoms with van der Waals surface area (Å²) in [6, 6.07) is 12.9. The Labute approximate surface area is 159 Å². The van der Waals surface area contributed by atoms with E-state index in [2.05, 4.69) is 5.32 Å². The molecule has 0 aliphatic heterocycles. The predicted octanol–water partition coefficient (Wildman–Crippen LogP) is 2.92. The first-order valence-corrected chi connectivity index (χ1v) is 8.74. The van der Waals surface area contributed by atoms with E-state index in [0.29, 0.717) is 29.9 Å². The number of carbonyl (C=O) groups is 2. The number of benzene rings is 2. The van der Waals surface area contributed by atoms with Gasteiger partial charge >= 0.3 is 5.97 Å². The molecule has 27 heavy (non-hydrogen) atoms. The molecule has 0 atom stereocenters. The minimum Gasteiger partial charge on any atom is -0.497 e. The van der Waals surface area contributed by atoms with Crippen LogP contribution in [0.5, 0.6) is 11.5 Å². The van der Waals surface area contributed by atoms with Crippen molar-refractivity contribution in [1.29, 1.82) is 0 Å². The number of hydrogen-bond donors (Lipinski definition) is 1. The minimum atomic E-state index is -0.499. The first-order chi connectivity index (χ1) is 13.0. The lowest BCUT2D eigenvalue weighted by molar-refractivity contribution is -0.121. The molecule has 0 bridgehead atoms. The molecule has 2 aromatic rings. The molecule has 0 spiro atoms. The molecule has 1 N–H and O–H groups in total. The van der Waals surface area contributed by atoms with Crippen molar-refractivity contribution in [1.82, 2.24) is 5.32 Å². The summed E-state index contributed by atoms with van der Waals surface area (Å²) in [7, 11) is 3.02. The van der Waals surface area contributed by atoms with Gasteiger partial charge in [-0.25, -0.2) is 4.79 Å². The van der Waals surface area contributed by atoms with E-state index in [0.717, 1.165) is 5.56 Å². The van der Waals surface area contributed by atoms with Gasteiger partial charge in [0.1, 0.15) is 18.1 Å². The van der Waals surface area contributed by atoms with Crippen molar-refractivity contribution in [2.75, 3.05) is 27.4 Å². The summed E-state index contributed by atoms with van der Waals surface area (Å²) < 4.78 is 15.4. The first kappa shape index (κ1) is 20.3. The molecule has 2 aromatic carbocycles. The van der Waals surface area contributed by atoms with E-state index in [4.69, 9.17) is 14.2 Å². The highest BCUT2D eigenvalue weighted by Gasteiger charge is 2.11. The zero-order chi connectivity index (χ0) is 19.6. The van der Waals surface area contributed by atoms with E-state index in [-0.39, 0.29) is 19.1 Å². The zero-order valence-electron chi connectivity index (χ0n) is 15.9. The molecular weight excluding hydrogens is 346 g/mol. The topological polar surface area (TPSA) is 73.9 Å². The second kappa shape index (κ2) is 10.2. The molecule has 0 saturated carbocycles. The number of methoxy groups -OCH3 is 2. The van der Waals surface area contributed by atoms with E-state index in [1.165, 1.54) is 19.8 Å². The molecule has 6 nitrogen and oxygen atoms in total. The fraction of sp³-hybridized carbons (Fsp3) is 0.333. The van der Waals surface area contributed by atoms with E-state index in [9.17, 15) is 9.59 Å². The monoisotopic (exact) mass is 371 g/mol. The highest BCUT2D eigenvalue weighted by molar-refractivity contribution is 5.90. The third-order valence-electron chi connectivity index (χ3n) is 4.01. The van der Waals surface area contributed by atoms with Gasteiger partial charge in [-0.05, 0) is 31.0 Å². The van der Waals surface area contributed by atoms with Crippen molar-refractivity contribution < 1.29 is 23.8 Å². The summed E-state index contributed by atoms with van der Waals surface area (Å²) in [5.74, 6) is 0.437. The number of amides is 1. The standard InChI is InChI=1S/C21H25NO5/c1-15-4-6-16(7-5-15)8-9-20(23)22-10-11-27-21(24)17-12-18(25-2)14-19(13-17)26-3/h4-7,12-14H,8-11H2,1-3H3,(H,22,23). The number of hydrogen-bond acceptors (Lipinski definition) is 5. The molecule has 1 amide bonds. The Morgan fingerprint density at radius 2 is 1.59 bits per heavy atom. The molecule has 144 valence electrons. The van der Waals surface area contributed by atoms with Crippen LogP contribution in [-0.4, -0.2) is 39.2 Å². The van der Waals surface area contributed by atoms with Gasteiger partial charge in [0.15, 0.2) is 0 Å². The van der Waals surface area contributed by atoms with Crippen molar-refractivity contribution >= 4 is 11.9 Å². The molecule has 0 unspecified atom stereocenters. The molecule has 0 aliphatic carbocycles. The summed E-state index contributed by atoms with van der Waals surface area (Å²) in [6.07, 6.45) is 1.07. The Kier molecular flexibility index (Phi) is 7.67. The number of nitrogens with one attached hydrogen (secondary N) is 1. The summed E-state index contributed by atoms with van der Waals surface area (Å²) in [6.45, 7) is 2.38. The number of esters is 1. The van der Waals surface area contributed by atoms with Crippen LogP contribution in [0.4, 0.5) is 0 Å². The summed E-state index contributed by atoms with van der Waals surface area (Å²) in [5.41, 5.74) is 2.64. The maximum Gasteiger partial charge on any atom is 0.338 e. The van der Waals surface area contributed by atoms with Gasteiger partial charge in [-0.2, -0.15) is 0 Å². The van der Waals surface area contributed by atoms with E-state index in [1.54, 1.807) is 18.2 Å². The van der Waals surface area contributed by atoms with Crippen LogP contribution in [0.1, 0.15) is 27.9 Å². The van der Waals surface area contributed by atoms with Gasteiger partial charge in [0, 0.05) is 12.5 Å². The van der Waals surface area contributed by atoms with Crippen LogP contribution in [0.3, 0.4) is 0 Å². The van der Waals surface area contributed by atoms with Crippen LogP contribution in [0.15, 0.2) is 42.5 Å². The van der Waals surface area contributed by atoms with Crippen LogP contribution < -0.4 is 14.8 Å². The van der Waals surface area contributed by atoms with Gasteiger partial charge in [-0.3, -0.25) is 4.79 Å².